The maximum Gasteiger partial charge on any atom is 0.271 e. The number of carbonyl (C=O) groups is 1. The lowest BCUT2D eigenvalue weighted by molar-refractivity contribution is 0.0954. The Labute approximate surface area is 123 Å². The number of nitrogens with one attached hydrogen (secondary N) is 1. The molecule has 0 saturated heterocycles. The Morgan fingerprint density at radius 3 is 2.62 bits per heavy atom. The molecule has 0 aromatic heterocycles. The van der Waals surface area contributed by atoms with Crippen LogP contribution in [0.4, 0.5) is 0 Å². The molecule has 4 heteroatoms. The summed E-state index contributed by atoms with van der Waals surface area (Å²) in [6.07, 6.45) is 3.54. The molecule has 0 saturated carbocycles. The molecule has 106 valence electrons. The van der Waals surface area contributed by atoms with Crippen molar-refractivity contribution < 1.29 is 9.90 Å². The Morgan fingerprint density at radius 2 is 1.90 bits per heavy atom. The molecule has 2 aromatic carbocycles. The first-order chi connectivity index (χ1) is 10.1. The van der Waals surface area contributed by atoms with Crippen LogP contribution in [-0.2, 0) is 0 Å². The molecular weight excluding hydrogens is 264 g/mol. The molecule has 0 spiro atoms. The summed E-state index contributed by atoms with van der Waals surface area (Å²) in [5, 5.41) is 13.2. The second kappa shape index (κ2) is 7.05. The van der Waals surface area contributed by atoms with Crippen LogP contribution >= 0.6 is 0 Å². The van der Waals surface area contributed by atoms with Crippen molar-refractivity contribution in [3.63, 3.8) is 0 Å². The summed E-state index contributed by atoms with van der Waals surface area (Å²) in [7, 11) is 0. The zero-order chi connectivity index (χ0) is 15.1. The molecule has 0 aliphatic heterocycles. The molecule has 2 aromatic rings. The number of phenols is 1. The van der Waals surface area contributed by atoms with Gasteiger partial charge in [0, 0.05) is 5.56 Å². The molecule has 0 unspecified atom stereocenters. The van der Waals surface area contributed by atoms with E-state index in [2.05, 4.69) is 10.5 Å². The SMILES string of the molecule is CC(/C=N\NC(=O)c1cccc(O)c1)=C\c1ccccc1. The lowest BCUT2D eigenvalue weighted by atomic mass is 10.1. The first-order valence-corrected chi connectivity index (χ1v) is 6.51. The van der Waals surface area contributed by atoms with Crippen LogP contribution in [0.1, 0.15) is 22.8 Å². The largest absolute Gasteiger partial charge is 0.508 e. The van der Waals surface area contributed by atoms with Gasteiger partial charge in [0.2, 0.25) is 0 Å². The predicted octanol–water partition coefficient (Wildman–Crippen LogP) is 3.21. The summed E-state index contributed by atoms with van der Waals surface area (Å²) in [5.74, 6) is -0.318. The maximum absolute atomic E-state index is 11.8. The minimum Gasteiger partial charge on any atom is -0.508 e. The van der Waals surface area contributed by atoms with E-state index in [1.165, 1.54) is 12.1 Å². The van der Waals surface area contributed by atoms with E-state index in [1.807, 2.05) is 43.3 Å². The van der Waals surface area contributed by atoms with Crippen LogP contribution in [0.5, 0.6) is 5.75 Å². The molecule has 2 N–H and O–H groups in total. The normalized spacial score (nSPS) is 11.6. The third-order valence-electron chi connectivity index (χ3n) is 2.74. The predicted molar refractivity (Wildman–Crippen MR) is 84.2 cm³/mol. The minimum atomic E-state index is -0.366. The second-order valence-electron chi connectivity index (χ2n) is 4.55. The fourth-order valence-electron chi connectivity index (χ4n) is 1.75. The smallest absolute Gasteiger partial charge is 0.271 e. The van der Waals surface area contributed by atoms with Crippen molar-refractivity contribution in [1.82, 2.24) is 5.43 Å². The highest BCUT2D eigenvalue weighted by atomic mass is 16.3. The quantitative estimate of drug-likeness (QED) is 0.667. The topological polar surface area (TPSA) is 61.7 Å². The van der Waals surface area contributed by atoms with E-state index in [4.69, 9.17) is 0 Å². The molecule has 21 heavy (non-hydrogen) atoms. The van der Waals surface area contributed by atoms with E-state index in [1.54, 1.807) is 18.3 Å². The van der Waals surface area contributed by atoms with Crippen LogP contribution < -0.4 is 5.43 Å². The van der Waals surface area contributed by atoms with Crippen molar-refractivity contribution in [3.05, 3.63) is 71.3 Å². The zero-order valence-corrected chi connectivity index (χ0v) is 11.7. The van der Waals surface area contributed by atoms with E-state index in [0.717, 1.165) is 11.1 Å². The number of allylic oxidation sites excluding steroid dienone is 1. The van der Waals surface area contributed by atoms with E-state index >= 15 is 0 Å². The molecule has 0 bridgehead atoms. The zero-order valence-electron chi connectivity index (χ0n) is 11.7. The Balaban J connectivity index is 1.96. The number of hydrogen-bond donors (Lipinski definition) is 2. The van der Waals surface area contributed by atoms with Gasteiger partial charge in [-0.05, 0) is 36.3 Å². The Hall–Kier alpha value is -2.88. The van der Waals surface area contributed by atoms with Crippen LogP contribution in [0.3, 0.4) is 0 Å². The van der Waals surface area contributed by atoms with Gasteiger partial charge in [-0.25, -0.2) is 5.43 Å². The van der Waals surface area contributed by atoms with Gasteiger partial charge in [0.15, 0.2) is 0 Å². The number of rotatable bonds is 4. The molecule has 0 atom stereocenters. The van der Waals surface area contributed by atoms with Crippen LogP contribution in [0.25, 0.3) is 6.08 Å². The van der Waals surface area contributed by atoms with Crippen molar-refractivity contribution in [2.75, 3.05) is 0 Å². The number of hydrogen-bond acceptors (Lipinski definition) is 3. The van der Waals surface area contributed by atoms with Crippen LogP contribution in [0.2, 0.25) is 0 Å². The van der Waals surface area contributed by atoms with Crippen molar-refractivity contribution in [2.24, 2.45) is 5.10 Å². The number of hydrazone groups is 1. The van der Waals surface area contributed by atoms with E-state index < -0.39 is 0 Å². The van der Waals surface area contributed by atoms with E-state index in [0.29, 0.717) is 5.56 Å². The van der Waals surface area contributed by atoms with Gasteiger partial charge in [-0.2, -0.15) is 5.10 Å². The lowest BCUT2D eigenvalue weighted by Gasteiger charge is -2.00. The first-order valence-electron chi connectivity index (χ1n) is 6.51. The van der Waals surface area contributed by atoms with E-state index in [-0.39, 0.29) is 11.7 Å². The summed E-state index contributed by atoms with van der Waals surface area (Å²) < 4.78 is 0. The summed E-state index contributed by atoms with van der Waals surface area (Å²) in [6.45, 7) is 1.90. The molecule has 0 fully saturated rings. The average Bonchev–Trinajstić information content (AvgIpc) is 2.48. The van der Waals surface area contributed by atoms with Crippen molar-refractivity contribution in [1.29, 1.82) is 0 Å². The molecule has 0 radical (unpaired) electrons. The number of carbonyl (C=O) groups excluding carboxylic acids is 1. The maximum atomic E-state index is 11.8. The number of benzene rings is 2. The van der Waals surface area contributed by atoms with Gasteiger partial charge >= 0.3 is 0 Å². The van der Waals surface area contributed by atoms with Gasteiger partial charge in [0.05, 0.1) is 6.21 Å². The number of aromatic hydroxyl groups is 1. The van der Waals surface area contributed by atoms with Gasteiger partial charge in [0.1, 0.15) is 5.75 Å². The van der Waals surface area contributed by atoms with Gasteiger partial charge in [-0.1, -0.05) is 42.5 Å². The van der Waals surface area contributed by atoms with Gasteiger partial charge < -0.3 is 5.11 Å². The fourth-order valence-corrected chi connectivity index (χ4v) is 1.75. The van der Waals surface area contributed by atoms with Crippen LogP contribution in [0, 0.1) is 0 Å². The highest BCUT2D eigenvalue weighted by Crippen LogP contribution is 2.10. The Morgan fingerprint density at radius 1 is 1.14 bits per heavy atom. The van der Waals surface area contributed by atoms with Crippen molar-refractivity contribution in [2.45, 2.75) is 6.92 Å². The minimum absolute atomic E-state index is 0.0479. The van der Waals surface area contributed by atoms with E-state index in [9.17, 15) is 9.90 Å². The number of phenolic OH excluding ortho intramolecular Hbond substituents is 1. The molecular formula is C17H16N2O2. The van der Waals surface area contributed by atoms with Crippen molar-refractivity contribution >= 4 is 18.2 Å². The highest BCUT2D eigenvalue weighted by molar-refractivity contribution is 5.95. The van der Waals surface area contributed by atoms with Crippen molar-refractivity contribution in [3.8, 4) is 5.75 Å². The summed E-state index contributed by atoms with van der Waals surface area (Å²) in [5.41, 5.74) is 4.76. The third kappa shape index (κ3) is 4.62. The average molecular weight is 280 g/mol. The monoisotopic (exact) mass is 280 g/mol. The van der Waals surface area contributed by atoms with Gasteiger partial charge in [0.25, 0.3) is 5.91 Å². The molecule has 1 amide bonds. The summed E-state index contributed by atoms with van der Waals surface area (Å²) in [4.78, 5) is 11.8. The Bertz CT molecular complexity index is 676. The molecule has 2 rings (SSSR count). The van der Waals surface area contributed by atoms with Crippen LogP contribution in [-0.4, -0.2) is 17.2 Å². The summed E-state index contributed by atoms with van der Waals surface area (Å²) in [6, 6.07) is 16.0. The molecule has 0 aliphatic rings. The van der Waals surface area contributed by atoms with Gasteiger partial charge in [-0.3, -0.25) is 4.79 Å². The standard InChI is InChI=1S/C17H16N2O2/c1-13(10-14-6-3-2-4-7-14)12-18-19-17(21)15-8-5-9-16(20)11-15/h2-12,20H,1H3,(H,19,21)/b13-10+,18-12-. The first kappa shape index (κ1) is 14.5. The molecule has 4 nitrogen and oxygen atoms in total. The second-order valence-corrected chi connectivity index (χ2v) is 4.55. The Kier molecular flexibility index (Phi) is 4.88. The third-order valence-corrected chi connectivity index (χ3v) is 2.74. The van der Waals surface area contributed by atoms with Gasteiger partial charge in [-0.15, -0.1) is 0 Å². The molecule has 0 heterocycles. The fraction of sp³-hybridized carbons (Fsp3) is 0.0588. The molecule has 0 aliphatic carbocycles. The highest BCUT2D eigenvalue weighted by Gasteiger charge is 2.03. The summed E-state index contributed by atoms with van der Waals surface area (Å²) >= 11 is 0. The number of amides is 1. The number of nitrogens with zero attached hydrogens (tertiary/aromatic N) is 1. The van der Waals surface area contributed by atoms with Crippen LogP contribution in [0.15, 0.2) is 65.3 Å². The lowest BCUT2D eigenvalue weighted by Crippen LogP contribution is -2.17.